The second kappa shape index (κ2) is 4.61. The minimum absolute atomic E-state index is 0.184. The highest BCUT2D eigenvalue weighted by atomic mass is 14.2. The second-order valence-electron chi connectivity index (χ2n) is 6.22. The van der Waals surface area contributed by atoms with E-state index in [0.717, 1.165) is 0 Å². The Kier molecular flexibility index (Phi) is 3.30. The number of fused-ring (bicyclic) bond motifs is 1. The van der Waals surface area contributed by atoms with Crippen molar-refractivity contribution in [3.05, 3.63) is 53.1 Å². The third kappa shape index (κ3) is 2.48. The summed E-state index contributed by atoms with van der Waals surface area (Å²) in [6.45, 7) is 11.1. The lowest BCUT2D eigenvalue weighted by Crippen LogP contribution is -2.11. The van der Waals surface area contributed by atoms with Crippen LogP contribution in [0.5, 0.6) is 0 Å². The van der Waals surface area contributed by atoms with Crippen molar-refractivity contribution in [1.82, 2.24) is 0 Å². The predicted octanol–water partition coefficient (Wildman–Crippen LogP) is 5.56. The second-order valence-corrected chi connectivity index (χ2v) is 6.22. The highest BCUT2D eigenvalue weighted by molar-refractivity contribution is 5.93. The van der Waals surface area contributed by atoms with Crippen molar-refractivity contribution in [2.75, 3.05) is 0 Å². The van der Waals surface area contributed by atoms with Crippen molar-refractivity contribution < 1.29 is 0 Å². The average molecular weight is 238 g/mol. The monoisotopic (exact) mass is 238 g/mol. The van der Waals surface area contributed by atoms with Gasteiger partial charge in [0, 0.05) is 0 Å². The van der Waals surface area contributed by atoms with Gasteiger partial charge < -0.3 is 0 Å². The van der Waals surface area contributed by atoms with Crippen LogP contribution >= 0.6 is 0 Å². The topological polar surface area (TPSA) is 0 Å². The van der Waals surface area contributed by atoms with E-state index in [0.29, 0.717) is 0 Å². The maximum atomic E-state index is 2.27. The van der Waals surface area contributed by atoms with Crippen LogP contribution in [0.25, 0.3) is 16.8 Å². The summed E-state index contributed by atoms with van der Waals surface area (Å²) < 4.78 is 0. The Hall–Kier alpha value is -1.56. The lowest BCUT2D eigenvalue weighted by atomic mass is 9.83. The molecule has 18 heavy (non-hydrogen) atoms. The third-order valence-corrected chi connectivity index (χ3v) is 3.21. The van der Waals surface area contributed by atoms with Crippen LogP contribution in [0.4, 0.5) is 0 Å². The van der Waals surface area contributed by atoms with Crippen LogP contribution in [0.3, 0.4) is 0 Å². The fourth-order valence-electron chi connectivity index (χ4n) is 2.43. The van der Waals surface area contributed by atoms with Gasteiger partial charge in [-0.05, 0) is 41.2 Å². The van der Waals surface area contributed by atoms with E-state index >= 15 is 0 Å². The molecule has 0 atom stereocenters. The molecular formula is C18H22. The highest BCUT2D eigenvalue weighted by Crippen LogP contribution is 2.31. The van der Waals surface area contributed by atoms with Gasteiger partial charge in [0.2, 0.25) is 0 Å². The van der Waals surface area contributed by atoms with Crippen LogP contribution in [0, 0.1) is 0 Å². The SMILES string of the molecule is CC(C)=Cc1cccc2c(C(C)(C)C)cccc12. The molecule has 0 saturated carbocycles. The largest absolute Gasteiger partial charge is 0.0758 e. The maximum Gasteiger partial charge on any atom is -0.0108 e. The summed E-state index contributed by atoms with van der Waals surface area (Å²) in [7, 11) is 0. The van der Waals surface area contributed by atoms with Crippen LogP contribution in [0.15, 0.2) is 42.0 Å². The quantitative estimate of drug-likeness (QED) is 0.610. The predicted molar refractivity (Wildman–Crippen MR) is 82.0 cm³/mol. The molecule has 0 N–H and O–H groups in total. The zero-order valence-corrected chi connectivity index (χ0v) is 12.0. The number of benzene rings is 2. The molecule has 0 aliphatic heterocycles. The van der Waals surface area contributed by atoms with E-state index < -0.39 is 0 Å². The molecular weight excluding hydrogens is 216 g/mol. The van der Waals surface area contributed by atoms with E-state index in [-0.39, 0.29) is 5.41 Å². The molecule has 0 bridgehead atoms. The summed E-state index contributed by atoms with van der Waals surface area (Å²) in [4.78, 5) is 0. The van der Waals surface area contributed by atoms with E-state index in [2.05, 4.69) is 77.1 Å². The average Bonchev–Trinajstić information content (AvgIpc) is 2.26. The maximum absolute atomic E-state index is 2.27. The Morgan fingerprint density at radius 1 is 0.889 bits per heavy atom. The van der Waals surface area contributed by atoms with E-state index in [4.69, 9.17) is 0 Å². The first kappa shape index (κ1) is 12.9. The first-order chi connectivity index (χ1) is 8.39. The summed E-state index contributed by atoms with van der Waals surface area (Å²) in [5.74, 6) is 0. The van der Waals surface area contributed by atoms with Gasteiger partial charge in [0.25, 0.3) is 0 Å². The van der Waals surface area contributed by atoms with Gasteiger partial charge in [-0.3, -0.25) is 0 Å². The van der Waals surface area contributed by atoms with Crippen molar-refractivity contribution in [2.24, 2.45) is 0 Å². The molecule has 2 aromatic carbocycles. The van der Waals surface area contributed by atoms with Crippen LogP contribution < -0.4 is 0 Å². The first-order valence-electron chi connectivity index (χ1n) is 6.57. The Labute approximate surface area is 110 Å². The minimum Gasteiger partial charge on any atom is -0.0758 e. The van der Waals surface area contributed by atoms with Gasteiger partial charge in [-0.15, -0.1) is 0 Å². The smallest absolute Gasteiger partial charge is 0.0108 e. The van der Waals surface area contributed by atoms with Gasteiger partial charge in [-0.25, -0.2) is 0 Å². The normalized spacial score (nSPS) is 11.6. The van der Waals surface area contributed by atoms with Crippen molar-refractivity contribution >= 4 is 16.8 Å². The number of hydrogen-bond acceptors (Lipinski definition) is 0. The molecule has 0 heterocycles. The number of hydrogen-bond donors (Lipinski definition) is 0. The van der Waals surface area contributed by atoms with Gasteiger partial charge in [0.15, 0.2) is 0 Å². The van der Waals surface area contributed by atoms with Gasteiger partial charge >= 0.3 is 0 Å². The van der Waals surface area contributed by atoms with Crippen LogP contribution in [0.1, 0.15) is 45.7 Å². The van der Waals surface area contributed by atoms with Crippen molar-refractivity contribution in [1.29, 1.82) is 0 Å². The van der Waals surface area contributed by atoms with Crippen LogP contribution in [-0.4, -0.2) is 0 Å². The minimum atomic E-state index is 0.184. The Bertz CT molecular complexity index is 591. The molecule has 0 nitrogen and oxygen atoms in total. The third-order valence-electron chi connectivity index (χ3n) is 3.21. The number of rotatable bonds is 1. The zero-order valence-electron chi connectivity index (χ0n) is 12.0. The summed E-state index contributed by atoms with van der Waals surface area (Å²) in [5.41, 5.74) is 4.26. The van der Waals surface area contributed by atoms with Crippen molar-refractivity contribution in [2.45, 2.75) is 40.0 Å². The van der Waals surface area contributed by atoms with E-state index in [1.54, 1.807) is 0 Å². The molecule has 0 aromatic heterocycles. The highest BCUT2D eigenvalue weighted by Gasteiger charge is 2.16. The molecule has 0 radical (unpaired) electrons. The Morgan fingerprint density at radius 3 is 2.11 bits per heavy atom. The van der Waals surface area contributed by atoms with Gasteiger partial charge in [-0.1, -0.05) is 68.8 Å². The van der Waals surface area contributed by atoms with Crippen molar-refractivity contribution in [3.8, 4) is 0 Å². The standard InChI is InChI=1S/C18H22/c1-13(2)12-14-8-6-10-16-15(14)9-7-11-17(16)18(3,4)5/h6-12H,1-5H3. The molecule has 94 valence electrons. The van der Waals surface area contributed by atoms with E-state index in [1.807, 2.05) is 0 Å². The van der Waals surface area contributed by atoms with E-state index in [9.17, 15) is 0 Å². The molecule has 0 spiro atoms. The van der Waals surface area contributed by atoms with E-state index in [1.165, 1.54) is 27.5 Å². The van der Waals surface area contributed by atoms with Gasteiger partial charge in [0.05, 0.1) is 0 Å². The number of allylic oxidation sites excluding steroid dienone is 1. The molecule has 2 rings (SSSR count). The molecule has 0 amide bonds. The lowest BCUT2D eigenvalue weighted by molar-refractivity contribution is 0.596. The fraction of sp³-hybridized carbons (Fsp3) is 0.333. The van der Waals surface area contributed by atoms with Gasteiger partial charge in [0.1, 0.15) is 0 Å². The van der Waals surface area contributed by atoms with Gasteiger partial charge in [-0.2, -0.15) is 0 Å². The summed E-state index contributed by atoms with van der Waals surface area (Å²) >= 11 is 0. The van der Waals surface area contributed by atoms with Crippen molar-refractivity contribution in [3.63, 3.8) is 0 Å². The Balaban J connectivity index is 2.78. The molecule has 0 unspecified atom stereocenters. The Morgan fingerprint density at radius 2 is 1.50 bits per heavy atom. The summed E-state index contributed by atoms with van der Waals surface area (Å²) in [6.07, 6.45) is 2.26. The van der Waals surface area contributed by atoms with Crippen LogP contribution in [-0.2, 0) is 5.41 Å². The molecule has 0 aliphatic carbocycles. The first-order valence-corrected chi connectivity index (χ1v) is 6.57. The molecule has 2 aromatic rings. The summed E-state index contributed by atoms with van der Waals surface area (Å²) in [6, 6.07) is 13.2. The summed E-state index contributed by atoms with van der Waals surface area (Å²) in [5, 5.41) is 2.73. The van der Waals surface area contributed by atoms with Crippen LogP contribution in [0.2, 0.25) is 0 Å². The molecule has 0 heteroatoms. The lowest BCUT2D eigenvalue weighted by Gasteiger charge is -2.21. The molecule has 0 fully saturated rings. The molecule has 0 saturated heterocycles. The molecule has 0 aliphatic rings. The fourth-order valence-corrected chi connectivity index (χ4v) is 2.43. The zero-order chi connectivity index (χ0) is 13.3.